The first kappa shape index (κ1) is 15.5. The van der Waals surface area contributed by atoms with Crippen molar-refractivity contribution in [3.05, 3.63) is 68.7 Å². The standard InChI is InChI=1S/C16H17BrClNO/c1-10-2-7-13(15(18)8-10)16(20)14(9-19)11-3-5-12(17)6-4-11/h2-8,14,16,20H,9,19H2,1H3. The third kappa shape index (κ3) is 3.41. The first-order chi connectivity index (χ1) is 9.52. The maximum Gasteiger partial charge on any atom is 0.0885 e. The van der Waals surface area contributed by atoms with Crippen LogP contribution in [0.2, 0.25) is 5.02 Å². The van der Waals surface area contributed by atoms with Crippen LogP contribution in [0.5, 0.6) is 0 Å². The zero-order valence-corrected chi connectivity index (χ0v) is 13.5. The van der Waals surface area contributed by atoms with E-state index < -0.39 is 6.10 Å². The summed E-state index contributed by atoms with van der Waals surface area (Å²) in [5.41, 5.74) is 8.63. The largest absolute Gasteiger partial charge is 0.388 e. The lowest BCUT2D eigenvalue weighted by atomic mass is 9.89. The minimum absolute atomic E-state index is 0.177. The van der Waals surface area contributed by atoms with Crippen molar-refractivity contribution in [2.24, 2.45) is 5.73 Å². The van der Waals surface area contributed by atoms with Crippen molar-refractivity contribution in [2.75, 3.05) is 6.54 Å². The third-order valence-corrected chi connectivity index (χ3v) is 4.26. The van der Waals surface area contributed by atoms with Gasteiger partial charge in [0.25, 0.3) is 0 Å². The average molecular weight is 355 g/mol. The van der Waals surface area contributed by atoms with Gasteiger partial charge in [0, 0.05) is 22.0 Å². The van der Waals surface area contributed by atoms with E-state index in [9.17, 15) is 5.11 Å². The summed E-state index contributed by atoms with van der Waals surface area (Å²) in [6, 6.07) is 13.5. The lowest BCUT2D eigenvalue weighted by molar-refractivity contribution is 0.147. The minimum atomic E-state index is -0.714. The molecule has 0 amide bonds. The van der Waals surface area contributed by atoms with Crippen LogP contribution in [-0.2, 0) is 0 Å². The predicted octanol–water partition coefficient (Wildman–Crippen LogP) is 4.19. The van der Waals surface area contributed by atoms with Crippen LogP contribution >= 0.6 is 27.5 Å². The molecule has 0 saturated carbocycles. The molecular formula is C16H17BrClNO. The molecule has 2 aromatic carbocycles. The number of aliphatic hydroxyl groups excluding tert-OH is 1. The molecule has 0 bridgehead atoms. The van der Waals surface area contributed by atoms with Gasteiger partial charge in [-0.05, 0) is 41.8 Å². The van der Waals surface area contributed by atoms with Crippen molar-refractivity contribution in [1.29, 1.82) is 0 Å². The fourth-order valence-electron chi connectivity index (χ4n) is 2.25. The van der Waals surface area contributed by atoms with E-state index in [1.165, 1.54) is 0 Å². The zero-order valence-electron chi connectivity index (χ0n) is 11.2. The molecule has 0 heterocycles. The molecule has 20 heavy (non-hydrogen) atoms. The number of halogens is 2. The molecule has 0 spiro atoms. The Kier molecular flexibility index (Phi) is 5.22. The summed E-state index contributed by atoms with van der Waals surface area (Å²) in [6.45, 7) is 2.32. The second kappa shape index (κ2) is 6.72. The van der Waals surface area contributed by atoms with Crippen LogP contribution in [0.3, 0.4) is 0 Å². The molecule has 2 aromatic rings. The molecule has 2 rings (SSSR count). The van der Waals surface area contributed by atoms with Gasteiger partial charge >= 0.3 is 0 Å². The highest BCUT2D eigenvalue weighted by atomic mass is 79.9. The molecule has 3 N–H and O–H groups in total. The van der Waals surface area contributed by atoms with Gasteiger partial charge < -0.3 is 10.8 Å². The highest BCUT2D eigenvalue weighted by molar-refractivity contribution is 9.10. The maximum atomic E-state index is 10.6. The number of rotatable bonds is 4. The fourth-order valence-corrected chi connectivity index (χ4v) is 2.86. The highest BCUT2D eigenvalue weighted by Gasteiger charge is 2.23. The van der Waals surface area contributed by atoms with Crippen molar-refractivity contribution >= 4 is 27.5 Å². The molecule has 2 unspecified atom stereocenters. The van der Waals surface area contributed by atoms with Crippen molar-refractivity contribution in [1.82, 2.24) is 0 Å². The average Bonchev–Trinajstić information content (AvgIpc) is 2.41. The van der Waals surface area contributed by atoms with Gasteiger partial charge in [-0.3, -0.25) is 0 Å². The summed E-state index contributed by atoms with van der Waals surface area (Å²) in [4.78, 5) is 0. The van der Waals surface area contributed by atoms with Crippen LogP contribution in [0, 0.1) is 6.92 Å². The smallest absolute Gasteiger partial charge is 0.0885 e. The molecule has 0 fully saturated rings. The fraction of sp³-hybridized carbons (Fsp3) is 0.250. The van der Waals surface area contributed by atoms with Crippen LogP contribution in [0.25, 0.3) is 0 Å². The van der Waals surface area contributed by atoms with Gasteiger partial charge in [0.1, 0.15) is 0 Å². The first-order valence-electron chi connectivity index (χ1n) is 6.42. The van der Waals surface area contributed by atoms with Crippen molar-refractivity contribution in [3.63, 3.8) is 0 Å². The number of aryl methyl sites for hydroxylation is 1. The number of benzene rings is 2. The van der Waals surface area contributed by atoms with E-state index in [-0.39, 0.29) is 5.92 Å². The Labute approximate surface area is 132 Å². The molecular weight excluding hydrogens is 338 g/mol. The number of nitrogens with two attached hydrogens (primary N) is 1. The molecule has 0 aliphatic carbocycles. The van der Waals surface area contributed by atoms with Gasteiger partial charge in [0.05, 0.1) is 6.10 Å². The zero-order chi connectivity index (χ0) is 14.7. The van der Waals surface area contributed by atoms with Crippen molar-refractivity contribution < 1.29 is 5.11 Å². The summed E-state index contributed by atoms with van der Waals surface area (Å²) in [5.74, 6) is -0.177. The van der Waals surface area contributed by atoms with Crippen molar-refractivity contribution in [2.45, 2.75) is 18.9 Å². The Hall–Kier alpha value is -0.870. The van der Waals surface area contributed by atoms with Crippen LogP contribution in [0.1, 0.15) is 28.7 Å². The first-order valence-corrected chi connectivity index (χ1v) is 7.59. The van der Waals surface area contributed by atoms with E-state index in [0.29, 0.717) is 11.6 Å². The number of aliphatic hydroxyl groups is 1. The Morgan fingerprint density at radius 2 is 1.85 bits per heavy atom. The lowest BCUT2D eigenvalue weighted by Gasteiger charge is -2.23. The summed E-state index contributed by atoms with van der Waals surface area (Å²) in [5, 5.41) is 11.2. The molecule has 2 atom stereocenters. The van der Waals surface area contributed by atoms with E-state index in [1.807, 2.05) is 49.4 Å². The van der Waals surface area contributed by atoms with E-state index >= 15 is 0 Å². The van der Waals surface area contributed by atoms with E-state index in [2.05, 4.69) is 15.9 Å². The van der Waals surface area contributed by atoms with Crippen molar-refractivity contribution in [3.8, 4) is 0 Å². The van der Waals surface area contributed by atoms with Gasteiger partial charge in [0.15, 0.2) is 0 Å². The van der Waals surface area contributed by atoms with E-state index in [1.54, 1.807) is 0 Å². The normalized spacial score (nSPS) is 14.1. The summed E-state index contributed by atoms with van der Waals surface area (Å²) >= 11 is 9.63. The summed E-state index contributed by atoms with van der Waals surface area (Å²) in [7, 11) is 0. The van der Waals surface area contributed by atoms with Gasteiger partial charge in [-0.2, -0.15) is 0 Å². The van der Waals surface area contributed by atoms with Gasteiger partial charge in [-0.1, -0.05) is 51.8 Å². The van der Waals surface area contributed by atoms with Crippen LogP contribution < -0.4 is 5.73 Å². The second-order valence-corrected chi connectivity index (χ2v) is 6.19. The minimum Gasteiger partial charge on any atom is -0.388 e. The third-order valence-electron chi connectivity index (χ3n) is 3.41. The topological polar surface area (TPSA) is 46.2 Å². The molecule has 0 aromatic heterocycles. The molecule has 0 radical (unpaired) electrons. The lowest BCUT2D eigenvalue weighted by Crippen LogP contribution is -2.20. The van der Waals surface area contributed by atoms with Crippen LogP contribution in [0.4, 0.5) is 0 Å². The Morgan fingerprint density at radius 1 is 1.20 bits per heavy atom. The summed E-state index contributed by atoms with van der Waals surface area (Å²) in [6.07, 6.45) is -0.714. The quantitative estimate of drug-likeness (QED) is 0.865. The Balaban J connectivity index is 2.33. The molecule has 0 aliphatic rings. The Morgan fingerprint density at radius 3 is 2.40 bits per heavy atom. The van der Waals surface area contributed by atoms with Crippen LogP contribution in [-0.4, -0.2) is 11.7 Å². The number of hydrogen-bond donors (Lipinski definition) is 2. The monoisotopic (exact) mass is 353 g/mol. The second-order valence-electron chi connectivity index (χ2n) is 4.86. The van der Waals surface area contributed by atoms with E-state index in [0.717, 1.165) is 21.2 Å². The molecule has 4 heteroatoms. The summed E-state index contributed by atoms with van der Waals surface area (Å²) < 4.78 is 1.000. The highest BCUT2D eigenvalue weighted by Crippen LogP contribution is 2.34. The molecule has 0 aliphatic heterocycles. The SMILES string of the molecule is Cc1ccc(C(O)C(CN)c2ccc(Br)cc2)c(Cl)c1. The van der Waals surface area contributed by atoms with Crippen LogP contribution in [0.15, 0.2) is 46.9 Å². The Bertz CT molecular complexity index is 586. The van der Waals surface area contributed by atoms with E-state index in [4.69, 9.17) is 17.3 Å². The molecule has 106 valence electrons. The molecule has 0 saturated heterocycles. The van der Waals surface area contributed by atoms with Gasteiger partial charge in [-0.15, -0.1) is 0 Å². The number of hydrogen-bond acceptors (Lipinski definition) is 2. The maximum absolute atomic E-state index is 10.6. The van der Waals surface area contributed by atoms with Gasteiger partial charge in [-0.25, -0.2) is 0 Å². The predicted molar refractivity (Wildman–Crippen MR) is 87.1 cm³/mol. The molecule has 2 nitrogen and oxygen atoms in total. The van der Waals surface area contributed by atoms with Gasteiger partial charge in [0.2, 0.25) is 0 Å².